The fourth-order valence-corrected chi connectivity index (χ4v) is 6.19. The SMILES string of the molecule is O=C(O)/C=C/c1ccc(NC(=O)C2(NC(=O)c3ccc4c(c3)nc(-c3ccoc3)n4C3CCCCC3)CCNCC2)cc1. The molecule has 1 aliphatic heterocycles. The van der Waals surface area contributed by atoms with Crippen molar-refractivity contribution in [1.29, 1.82) is 0 Å². The van der Waals surface area contributed by atoms with Crippen LogP contribution in [0.4, 0.5) is 5.69 Å². The van der Waals surface area contributed by atoms with Gasteiger partial charge >= 0.3 is 5.97 Å². The van der Waals surface area contributed by atoms with Crippen molar-refractivity contribution in [1.82, 2.24) is 20.2 Å². The van der Waals surface area contributed by atoms with Gasteiger partial charge in [-0.2, -0.15) is 0 Å². The Hall–Kier alpha value is -4.70. The van der Waals surface area contributed by atoms with Crippen molar-refractivity contribution in [2.75, 3.05) is 18.4 Å². The topological polar surface area (TPSA) is 138 Å². The van der Waals surface area contributed by atoms with Crippen LogP contribution in [0.3, 0.4) is 0 Å². The number of fused-ring (bicyclic) bond motifs is 1. The summed E-state index contributed by atoms with van der Waals surface area (Å²) in [6.45, 7) is 1.18. The van der Waals surface area contributed by atoms with Gasteiger partial charge in [-0.3, -0.25) is 9.59 Å². The summed E-state index contributed by atoms with van der Waals surface area (Å²) in [5.41, 5.74) is 3.23. The standard InChI is InChI=1S/C33H35N5O5/c39-29(40)13-8-22-6-10-25(11-7-22)35-32(42)33(15-17-34-18-16-33)37-31(41)23-9-12-28-27(20-23)36-30(24-14-19-43-21-24)38(28)26-4-2-1-3-5-26/h6-14,19-21,26,34H,1-5,15-18H2,(H,35,42)(H,37,41)(H,39,40)/b13-8+. The zero-order valence-electron chi connectivity index (χ0n) is 23.8. The molecule has 0 radical (unpaired) electrons. The highest BCUT2D eigenvalue weighted by Crippen LogP contribution is 2.36. The Morgan fingerprint density at radius 2 is 1.79 bits per heavy atom. The first kappa shape index (κ1) is 28.4. The molecule has 4 N–H and O–H groups in total. The largest absolute Gasteiger partial charge is 0.478 e. The molecule has 2 fully saturated rings. The third-order valence-corrected chi connectivity index (χ3v) is 8.50. The lowest BCUT2D eigenvalue weighted by Crippen LogP contribution is -2.61. The predicted octanol–water partition coefficient (Wildman–Crippen LogP) is 5.39. The number of rotatable bonds is 8. The number of benzene rings is 2. The molecule has 0 bridgehead atoms. The number of aromatic nitrogens is 2. The number of piperidine rings is 1. The molecule has 4 aromatic rings. The molecule has 1 aliphatic carbocycles. The minimum atomic E-state index is -1.09. The van der Waals surface area contributed by atoms with E-state index in [4.69, 9.17) is 14.5 Å². The van der Waals surface area contributed by atoms with Crippen molar-refractivity contribution in [2.24, 2.45) is 0 Å². The van der Waals surface area contributed by atoms with Crippen molar-refractivity contribution in [2.45, 2.75) is 56.5 Å². The molecule has 2 aromatic heterocycles. The zero-order valence-corrected chi connectivity index (χ0v) is 23.8. The van der Waals surface area contributed by atoms with Crippen LogP contribution in [0.25, 0.3) is 28.5 Å². The summed E-state index contributed by atoms with van der Waals surface area (Å²) in [7, 11) is 0. The molecule has 0 atom stereocenters. The van der Waals surface area contributed by atoms with E-state index in [1.54, 1.807) is 36.8 Å². The second-order valence-corrected chi connectivity index (χ2v) is 11.3. The molecule has 0 unspecified atom stereocenters. The fourth-order valence-electron chi connectivity index (χ4n) is 6.19. The fraction of sp³-hybridized carbons (Fsp3) is 0.333. The summed E-state index contributed by atoms with van der Waals surface area (Å²) < 4.78 is 7.67. The molecule has 10 nitrogen and oxygen atoms in total. The number of aliphatic carboxylic acids is 1. The minimum Gasteiger partial charge on any atom is -0.478 e. The number of carboxylic acid groups (broad SMARTS) is 1. The maximum Gasteiger partial charge on any atom is 0.328 e. The number of amides is 2. The number of imidazole rings is 1. The van der Waals surface area contributed by atoms with E-state index in [1.807, 2.05) is 24.3 Å². The number of carboxylic acids is 1. The van der Waals surface area contributed by atoms with E-state index in [0.717, 1.165) is 41.3 Å². The van der Waals surface area contributed by atoms with Gasteiger partial charge in [0.05, 0.1) is 22.9 Å². The van der Waals surface area contributed by atoms with E-state index in [2.05, 4.69) is 20.5 Å². The first-order chi connectivity index (χ1) is 20.9. The lowest BCUT2D eigenvalue weighted by atomic mass is 9.86. The van der Waals surface area contributed by atoms with Crippen molar-refractivity contribution in [3.8, 4) is 11.4 Å². The van der Waals surface area contributed by atoms with Crippen LogP contribution in [0.2, 0.25) is 0 Å². The number of carbonyl (C=O) groups excluding carboxylic acids is 2. The highest BCUT2D eigenvalue weighted by molar-refractivity contribution is 6.05. The molecule has 1 saturated carbocycles. The smallest absolute Gasteiger partial charge is 0.328 e. The Bertz CT molecular complexity index is 1640. The monoisotopic (exact) mass is 581 g/mol. The van der Waals surface area contributed by atoms with E-state index in [9.17, 15) is 14.4 Å². The summed E-state index contributed by atoms with van der Waals surface area (Å²) in [6, 6.07) is 14.7. The average molecular weight is 582 g/mol. The highest BCUT2D eigenvalue weighted by Gasteiger charge is 2.41. The quantitative estimate of drug-likeness (QED) is 0.205. The summed E-state index contributed by atoms with van der Waals surface area (Å²) in [5, 5.41) is 18.1. The van der Waals surface area contributed by atoms with Gasteiger partial charge in [-0.15, -0.1) is 0 Å². The van der Waals surface area contributed by atoms with Gasteiger partial charge in [0, 0.05) is 23.4 Å². The van der Waals surface area contributed by atoms with Crippen molar-refractivity contribution in [3.05, 3.63) is 78.3 Å². The average Bonchev–Trinajstić information content (AvgIpc) is 3.69. The summed E-state index contributed by atoms with van der Waals surface area (Å²) in [4.78, 5) is 43.1. The third kappa shape index (κ3) is 6.10. The number of nitrogens with one attached hydrogen (secondary N) is 3. The Balaban J connectivity index is 1.25. The molecule has 10 heteroatoms. The van der Waals surface area contributed by atoms with Gasteiger partial charge in [-0.1, -0.05) is 31.4 Å². The Kier molecular flexibility index (Phi) is 8.11. The first-order valence-electron chi connectivity index (χ1n) is 14.8. The summed E-state index contributed by atoms with van der Waals surface area (Å²) in [6.07, 6.45) is 12.5. The van der Waals surface area contributed by atoms with Crippen molar-refractivity contribution >= 4 is 40.6 Å². The lowest BCUT2D eigenvalue weighted by molar-refractivity contribution is -0.131. The van der Waals surface area contributed by atoms with Gasteiger partial charge in [-0.25, -0.2) is 9.78 Å². The van der Waals surface area contributed by atoms with E-state index >= 15 is 0 Å². The molecule has 6 rings (SSSR count). The van der Waals surface area contributed by atoms with Gasteiger partial charge in [0.2, 0.25) is 5.91 Å². The molecule has 0 spiro atoms. The van der Waals surface area contributed by atoms with Crippen LogP contribution in [0, 0.1) is 0 Å². The van der Waals surface area contributed by atoms with E-state index in [1.165, 1.54) is 25.3 Å². The van der Waals surface area contributed by atoms with Crippen LogP contribution in [0.1, 0.15) is 66.9 Å². The van der Waals surface area contributed by atoms with Crippen LogP contribution in [0.5, 0.6) is 0 Å². The molecule has 3 heterocycles. The number of hydrogen-bond acceptors (Lipinski definition) is 6. The van der Waals surface area contributed by atoms with Crippen LogP contribution in [-0.2, 0) is 9.59 Å². The molecular formula is C33H35N5O5. The Morgan fingerprint density at radius 3 is 2.49 bits per heavy atom. The Labute approximate surface area is 249 Å². The van der Waals surface area contributed by atoms with Crippen molar-refractivity contribution < 1.29 is 23.9 Å². The predicted molar refractivity (Wildman–Crippen MR) is 164 cm³/mol. The van der Waals surface area contributed by atoms with E-state index in [-0.39, 0.29) is 11.8 Å². The first-order valence-corrected chi connectivity index (χ1v) is 14.8. The second-order valence-electron chi connectivity index (χ2n) is 11.3. The maximum atomic E-state index is 13.7. The molecule has 2 aliphatic rings. The second kappa shape index (κ2) is 12.3. The number of carbonyl (C=O) groups is 3. The van der Waals surface area contributed by atoms with Gasteiger partial charge in [0.1, 0.15) is 17.6 Å². The molecule has 1 saturated heterocycles. The minimum absolute atomic E-state index is 0.291. The maximum absolute atomic E-state index is 13.7. The van der Waals surface area contributed by atoms with E-state index < -0.39 is 11.5 Å². The van der Waals surface area contributed by atoms with Gasteiger partial charge in [0.15, 0.2) is 0 Å². The highest BCUT2D eigenvalue weighted by atomic mass is 16.4. The summed E-state index contributed by atoms with van der Waals surface area (Å²) >= 11 is 0. The number of hydrogen-bond donors (Lipinski definition) is 4. The number of furan rings is 1. The molecule has 2 aromatic carbocycles. The van der Waals surface area contributed by atoms with Gasteiger partial charge in [-0.05, 0) is 86.8 Å². The molecule has 43 heavy (non-hydrogen) atoms. The normalized spacial score (nSPS) is 17.2. The van der Waals surface area contributed by atoms with E-state index in [0.29, 0.717) is 48.8 Å². The van der Waals surface area contributed by atoms with Crippen LogP contribution in [0.15, 0.2) is 71.6 Å². The van der Waals surface area contributed by atoms with Gasteiger partial charge < -0.3 is 30.0 Å². The molecule has 222 valence electrons. The Morgan fingerprint density at radius 1 is 1.02 bits per heavy atom. The van der Waals surface area contributed by atoms with Crippen LogP contribution in [-0.4, -0.2) is 51.1 Å². The summed E-state index contributed by atoms with van der Waals surface area (Å²) in [5.74, 6) is -0.811. The lowest BCUT2D eigenvalue weighted by Gasteiger charge is -2.37. The molecular weight excluding hydrogens is 546 g/mol. The van der Waals surface area contributed by atoms with Crippen molar-refractivity contribution in [3.63, 3.8) is 0 Å². The third-order valence-electron chi connectivity index (χ3n) is 8.50. The molecule has 2 amide bonds. The van der Waals surface area contributed by atoms with Gasteiger partial charge in [0.25, 0.3) is 5.91 Å². The van der Waals surface area contributed by atoms with Crippen LogP contribution >= 0.6 is 0 Å². The zero-order chi connectivity index (χ0) is 29.8. The van der Waals surface area contributed by atoms with Crippen LogP contribution < -0.4 is 16.0 Å². The number of anilines is 1. The number of nitrogens with zero attached hydrogens (tertiary/aromatic N) is 2.